The molecule has 0 aliphatic heterocycles. The SMILES string of the molecule is Cc1cccc(CC(=O)NS(=O)(=O)c2ccc(F)c(F)c2)c1. The van der Waals surface area contributed by atoms with Crippen molar-refractivity contribution >= 4 is 15.9 Å². The van der Waals surface area contributed by atoms with E-state index in [0.717, 1.165) is 11.6 Å². The molecule has 0 aliphatic rings. The van der Waals surface area contributed by atoms with Crippen molar-refractivity contribution in [1.82, 2.24) is 4.72 Å². The summed E-state index contributed by atoms with van der Waals surface area (Å²) in [6, 6.07) is 9.15. The van der Waals surface area contributed by atoms with Gasteiger partial charge in [0.15, 0.2) is 11.6 Å². The Morgan fingerprint density at radius 1 is 1.09 bits per heavy atom. The third kappa shape index (κ3) is 3.88. The first-order valence-electron chi connectivity index (χ1n) is 6.34. The molecule has 22 heavy (non-hydrogen) atoms. The summed E-state index contributed by atoms with van der Waals surface area (Å²) in [7, 11) is -4.24. The van der Waals surface area contributed by atoms with Crippen LogP contribution in [0.1, 0.15) is 11.1 Å². The highest BCUT2D eigenvalue weighted by molar-refractivity contribution is 7.90. The van der Waals surface area contributed by atoms with Crippen LogP contribution in [0.3, 0.4) is 0 Å². The third-order valence-electron chi connectivity index (χ3n) is 2.90. The summed E-state index contributed by atoms with van der Waals surface area (Å²) in [5.74, 6) is -3.21. The van der Waals surface area contributed by atoms with Gasteiger partial charge in [-0.3, -0.25) is 4.79 Å². The lowest BCUT2D eigenvalue weighted by Gasteiger charge is -2.07. The van der Waals surface area contributed by atoms with Crippen LogP contribution in [0.5, 0.6) is 0 Å². The maximum Gasteiger partial charge on any atom is 0.264 e. The Morgan fingerprint density at radius 2 is 1.82 bits per heavy atom. The van der Waals surface area contributed by atoms with Gasteiger partial charge in [-0.05, 0) is 30.7 Å². The molecule has 2 aromatic carbocycles. The van der Waals surface area contributed by atoms with Gasteiger partial charge in [-0.2, -0.15) is 0 Å². The highest BCUT2D eigenvalue weighted by atomic mass is 32.2. The molecule has 1 N–H and O–H groups in total. The molecule has 116 valence electrons. The summed E-state index contributed by atoms with van der Waals surface area (Å²) in [6.45, 7) is 1.85. The van der Waals surface area contributed by atoms with Crippen molar-refractivity contribution in [3.8, 4) is 0 Å². The second kappa shape index (κ2) is 6.23. The van der Waals surface area contributed by atoms with Crippen molar-refractivity contribution < 1.29 is 22.0 Å². The normalized spacial score (nSPS) is 11.2. The number of rotatable bonds is 4. The predicted molar refractivity (Wildman–Crippen MR) is 76.6 cm³/mol. The van der Waals surface area contributed by atoms with Gasteiger partial charge in [0.2, 0.25) is 5.91 Å². The number of amides is 1. The van der Waals surface area contributed by atoms with E-state index in [1.54, 1.807) is 18.2 Å². The van der Waals surface area contributed by atoms with Gasteiger partial charge in [0.05, 0.1) is 11.3 Å². The average Bonchev–Trinajstić information content (AvgIpc) is 2.41. The molecular formula is C15H13F2NO3S. The Labute approximate surface area is 126 Å². The number of carbonyl (C=O) groups is 1. The molecule has 7 heteroatoms. The Morgan fingerprint density at radius 3 is 2.45 bits per heavy atom. The van der Waals surface area contributed by atoms with E-state index in [1.807, 2.05) is 17.7 Å². The van der Waals surface area contributed by atoms with Gasteiger partial charge in [0, 0.05) is 0 Å². The van der Waals surface area contributed by atoms with Crippen molar-refractivity contribution in [2.75, 3.05) is 0 Å². The number of benzene rings is 2. The molecule has 0 saturated carbocycles. The van der Waals surface area contributed by atoms with E-state index < -0.39 is 32.5 Å². The fourth-order valence-corrected chi connectivity index (χ4v) is 2.89. The summed E-state index contributed by atoms with van der Waals surface area (Å²) in [4.78, 5) is 11.3. The number of aryl methyl sites for hydroxylation is 1. The molecule has 1 amide bonds. The largest absolute Gasteiger partial charge is 0.274 e. The van der Waals surface area contributed by atoms with Crippen LogP contribution >= 0.6 is 0 Å². The predicted octanol–water partition coefficient (Wildman–Crippen LogP) is 2.32. The maximum atomic E-state index is 13.1. The highest BCUT2D eigenvalue weighted by Gasteiger charge is 2.19. The lowest BCUT2D eigenvalue weighted by Crippen LogP contribution is -2.31. The smallest absolute Gasteiger partial charge is 0.264 e. The van der Waals surface area contributed by atoms with Gasteiger partial charge in [0.1, 0.15) is 0 Å². The maximum absolute atomic E-state index is 13.1. The summed E-state index contributed by atoms with van der Waals surface area (Å²) in [5, 5.41) is 0. The van der Waals surface area contributed by atoms with E-state index in [0.29, 0.717) is 17.7 Å². The molecule has 4 nitrogen and oxygen atoms in total. The monoisotopic (exact) mass is 325 g/mol. The fraction of sp³-hybridized carbons (Fsp3) is 0.133. The second-order valence-electron chi connectivity index (χ2n) is 4.77. The van der Waals surface area contributed by atoms with Gasteiger partial charge < -0.3 is 0 Å². The van der Waals surface area contributed by atoms with Crippen LogP contribution in [0, 0.1) is 18.6 Å². The van der Waals surface area contributed by atoms with Crippen LogP contribution in [-0.2, 0) is 21.2 Å². The van der Waals surface area contributed by atoms with E-state index >= 15 is 0 Å². The van der Waals surface area contributed by atoms with Gasteiger partial charge in [-0.15, -0.1) is 0 Å². The van der Waals surface area contributed by atoms with Crippen LogP contribution < -0.4 is 4.72 Å². The topological polar surface area (TPSA) is 63.2 Å². The zero-order valence-corrected chi connectivity index (χ0v) is 12.5. The minimum absolute atomic E-state index is 0.134. The first kappa shape index (κ1) is 16.1. The molecule has 0 unspecified atom stereocenters. The average molecular weight is 325 g/mol. The van der Waals surface area contributed by atoms with Crippen molar-refractivity contribution in [1.29, 1.82) is 0 Å². The molecule has 0 saturated heterocycles. The van der Waals surface area contributed by atoms with Gasteiger partial charge in [0.25, 0.3) is 10.0 Å². The molecule has 0 aromatic heterocycles. The molecule has 0 spiro atoms. The summed E-state index contributed by atoms with van der Waals surface area (Å²) in [6.07, 6.45) is -0.134. The van der Waals surface area contributed by atoms with Gasteiger partial charge in [-0.25, -0.2) is 21.9 Å². The van der Waals surface area contributed by atoms with Crippen molar-refractivity contribution in [2.24, 2.45) is 0 Å². The Hall–Kier alpha value is -2.28. The standard InChI is InChI=1S/C15H13F2NO3S/c1-10-3-2-4-11(7-10)8-15(19)18-22(20,21)12-5-6-13(16)14(17)9-12/h2-7,9H,8H2,1H3,(H,18,19). The van der Waals surface area contributed by atoms with Gasteiger partial charge in [-0.1, -0.05) is 29.8 Å². The van der Waals surface area contributed by atoms with Crippen LogP contribution in [0.15, 0.2) is 47.4 Å². The van der Waals surface area contributed by atoms with Crippen LogP contribution in [0.25, 0.3) is 0 Å². The van der Waals surface area contributed by atoms with Crippen LogP contribution in [-0.4, -0.2) is 14.3 Å². The summed E-state index contributed by atoms with van der Waals surface area (Å²) < 4.78 is 51.6. The molecule has 0 fully saturated rings. The fourth-order valence-electron chi connectivity index (χ4n) is 1.90. The molecule has 0 radical (unpaired) electrons. The molecule has 2 rings (SSSR count). The van der Waals surface area contributed by atoms with E-state index in [1.165, 1.54) is 0 Å². The van der Waals surface area contributed by atoms with Gasteiger partial charge >= 0.3 is 0 Å². The van der Waals surface area contributed by atoms with E-state index in [4.69, 9.17) is 0 Å². The molecular weight excluding hydrogens is 312 g/mol. The van der Waals surface area contributed by atoms with Crippen LogP contribution in [0.4, 0.5) is 8.78 Å². The van der Waals surface area contributed by atoms with Crippen molar-refractivity contribution in [2.45, 2.75) is 18.2 Å². The molecule has 0 heterocycles. The lowest BCUT2D eigenvalue weighted by molar-refractivity contribution is -0.118. The lowest BCUT2D eigenvalue weighted by atomic mass is 10.1. The molecule has 0 aliphatic carbocycles. The van der Waals surface area contributed by atoms with Crippen molar-refractivity contribution in [3.63, 3.8) is 0 Å². The quantitative estimate of drug-likeness (QED) is 0.938. The Balaban J connectivity index is 2.14. The zero-order valence-electron chi connectivity index (χ0n) is 11.6. The number of sulfonamides is 1. The van der Waals surface area contributed by atoms with E-state index in [-0.39, 0.29) is 6.42 Å². The number of hydrogen-bond donors (Lipinski definition) is 1. The minimum atomic E-state index is -4.24. The Bertz CT molecular complexity index is 819. The summed E-state index contributed by atoms with van der Waals surface area (Å²) in [5.41, 5.74) is 1.59. The summed E-state index contributed by atoms with van der Waals surface area (Å²) >= 11 is 0. The highest BCUT2D eigenvalue weighted by Crippen LogP contribution is 2.14. The third-order valence-corrected chi connectivity index (χ3v) is 4.27. The first-order valence-corrected chi connectivity index (χ1v) is 7.82. The number of hydrogen-bond acceptors (Lipinski definition) is 3. The number of halogens is 2. The van der Waals surface area contributed by atoms with Crippen molar-refractivity contribution in [3.05, 3.63) is 65.2 Å². The minimum Gasteiger partial charge on any atom is -0.274 e. The molecule has 0 bridgehead atoms. The van der Waals surface area contributed by atoms with E-state index in [9.17, 15) is 22.0 Å². The molecule has 2 aromatic rings. The number of nitrogens with one attached hydrogen (secondary N) is 1. The van der Waals surface area contributed by atoms with Crippen LogP contribution in [0.2, 0.25) is 0 Å². The second-order valence-corrected chi connectivity index (χ2v) is 6.45. The van der Waals surface area contributed by atoms with E-state index in [2.05, 4.69) is 0 Å². The number of carbonyl (C=O) groups excluding carboxylic acids is 1. The Kier molecular flexibility index (Phi) is 4.56. The zero-order chi connectivity index (χ0) is 16.3. The first-order chi connectivity index (χ1) is 10.3. The molecule has 0 atom stereocenters.